The van der Waals surface area contributed by atoms with Crippen LogP contribution in [0.3, 0.4) is 0 Å². The van der Waals surface area contributed by atoms with Crippen molar-refractivity contribution in [2.75, 3.05) is 0 Å². The fourth-order valence-corrected chi connectivity index (χ4v) is 5.23. The molecule has 29 heavy (non-hydrogen) atoms. The van der Waals surface area contributed by atoms with Gasteiger partial charge in [0.15, 0.2) is 0 Å². The van der Waals surface area contributed by atoms with E-state index in [2.05, 4.69) is 124 Å². The van der Waals surface area contributed by atoms with Crippen LogP contribution in [0, 0.1) is 20.8 Å². The van der Waals surface area contributed by atoms with Gasteiger partial charge >= 0.3 is 0 Å². The summed E-state index contributed by atoms with van der Waals surface area (Å²) in [6, 6.07) is 37.6. The van der Waals surface area contributed by atoms with Gasteiger partial charge in [-0.05, 0) is 49.1 Å². The molecule has 0 aliphatic carbocycles. The van der Waals surface area contributed by atoms with Gasteiger partial charge in [-0.15, -0.1) is 11.8 Å². The highest BCUT2D eigenvalue weighted by molar-refractivity contribution is 8.00. The molecule has 0 unspecified atom stereocenters. The van der Waals surface area contributed by atoms with E-state index in [1.54, 1.807) is 0 Å². The lowest BCUT2D eigenvalue weighted by Crippen LogP contribution is -2.25. The van der Waals surface area contributed by atoms with Crippen LogP contribution in [0.2, 0.25) is 0 Å². The molecule has 0 aromatic heterocycles. The molecule has 0 bridgehead atoms. The number of benzene rings is 4. The molecular formula is C28H26S. The second-order valence-corrected chi connectivity index (χ2v) is 8.90. The van der Waals surface area contributed by atoms with Crippen LogP contribution in [0.4, 0.5) is 0 Å². The summed E-state index contributed by atoms with van der Waals surface area (Å²) in [4.78, 5) is 1.30. The summed E-state index contributed by atoms with van der Waals surface area (Å²) in [5.41, 5.74) is 7.75. The van der Waals surface area contributed by atoms with Crippen LogP contribution < -0.4 is 0 Å². The van der Waals surface area contributed by atoms with Crippen LogP contribution in [0.15, 0.2) is 108 Å². The average Bonchev–Trinajstić information content (AvgIpc) is 2.75. The quantitative estimate of drug-likeness (QED) is 0.247. The first-order chi connectivity index (χ1) is 14.1. The zero-order chi connectivity index (χ0) is 20.3. The Morgan fingerprint density at radius 2 is 0.931 bits per heavy atom. The van der Waals surface area contributed by atoms with Gasteiger partial charge in [0.2, 0.25) is 0 Å². The van der Waals surface area contributed by atoms with Gasteiger partial charge in [-0.2, -0.15) is 0 Å². The zero-order valence-corrected chi connectivity index (χ0v) is 18.0. The van der Waals surface area contributed by atoms with Crippen LogP contribution >= 0.6 is 11.8 Å². The van der Waals surface area contributed by atoms with Crippen molar-refractivity contribution in [3.63, 3.8) is 0 Å². The highest BCUT2D eigenvalue weighted by Crippen LogP contribution is 2.52. The van der Waals surface area contributed by atoms with Crippen LogP contribution in [-0.2, 0) is 4.75 Å². The second kappa shape index (κ2) is 8.31. The minimum atomic E-state index is -0.325. The number of aryl methyl sites for hydroxylation is 3. The molecule has 4 rings (SSSR count). The maximum Gasteiger partial charge on any atom is 0.0954 e. The van der Waals surface area contributed by atoms with Crippen molar-refractivity contribution < 1.29 is 0 Å². The predicted molar refractivity (Wildman–Crippen MR) is 126 cm³/mol. The Labute approximate surface area is 178 Å². The number of thioether (sulfide) groups is 1. The highest BCUT2D eigenvalue weighted by atomic mass is 32.2. The number of hydrogen-bond donors (Lipinski definition) is 0. The van der Waals surface area contributed by atoms with Crippen molar-refractivity contribution in [3.8, 4) is 0 Å². The Bertz CT molecular complexity index is 1030. The fourth-order valence-electron chi connectivity index (χ4n) is 3.76. The van der Waals surface area contributed by atoms with Gasteiger partial charge < -0.3 is 0 Å². The molecule has 0 nitrogen and oxygen atoms in total. The minimum Gasteiger partial charge on any atom is -0.104 e. The maximum absolute atomic E-state index is 2.29. The van der Waals surface area contributed by atoms with Gasteiger partial charge in [-0.1, -0.05) is 108 Å². The Kier molecular flexibility index (Phi) is 5.60. The number of rotatable bonds is 5. The molecule has 0 heterocycles. The molecule has 0 saturated carbocycles. The van der Waals surface area contributed by atoms with Gasteiger partial charge in [0.25, 0.3) is 0 Å². The van der Waals surface area contributed by atoms with E-state index in [1.165, 1.54) is 38.3 Å². The molecule has 4 aromatic rings. The first kappa shape index (κ1) is 19.5. The van der Waals surface area contributed by atoms with Crippen molar-refractivity contribution in [2.45, 2.75) is 30.4 Å². The van der Waals surface area contributed by atoms with E-state index in [1.807, 2.05) is 11.8 Å². The third-order valence-electron chi connectivity index (χ3n) is 5.45. The predicted octanol–water partition coefficient (Wildman–Crippen LogP) is 7.70. The monoisotopic (exact) mass is 394 g/mol. The van der Waals surface area contributed by atoms with Crippen LogP contribution in [0.5, 0.6) is 0 Å². The van der Waals surface area contributed by atoms with E-state index < -0.39 is 0 Å². The molecule has 4 aromatic carbocycles. The van der Waals surface area contributed by atoms with E-state index >= 15 is 0 Å². The smallest absolute Gasteiger partial charge is 0.0954 e. The molecule has 0 aliphatic rings. The van der Waals surface area contributed by atoms with E-state index in [-0.39, 0.29) is 4.75 Å². The molecular weight excluding hydrogens is 368 g/mol. The van der Waals surface area contributed by atoms with Crippen LogP contribution in [-0.4, -0.2) is 0 Å². The van der Waals surface area contributed by atoms with E-state index in [0.717, 1.165) is 0 Å². The maximum atomic E-state index is 2.29. The Morgan fingerprint density at radius 1 is 0.483 bits per heavy atom. The number of hydrogen-bond acceptors (Lipinski definition) is 1. The minimum absolute atomic E-state index is 0.325. The Balaban J connectivity index is 2.03. The van der Waals surface area contributed by atoms with E-state index in [9.17, 15) is 0 Å². The lowest BCUT2D eigenvalue weighted by atomic mass is 9.83. The summed E-state index contributed by atoms with van der Waals surface area (Å²) in [7, 11) is 0. The molecule has 1 heteroatoms. The summed E-state index contributed by atoms with van der Waals surface area (Å²) in [5.74, 6) is 0. The molecule has 144 valence electrons. The summed E-state index contributed by atoms with van der Waals surface area (Å²) in [6.07, 6.45) is 0. The Morgan fingerprint density at radius 3 is 1.45 bits per heavy atom. The van der Waals surface area contributed by atoms with Gasteiger partial charge in [0.05, 0.1) is 4.75 Å². The Hall–Kier alpha value is -2.77. The van der Waals surface area contributed by atoms with Gasteiger partial charge in [0.1, 0.15) is 0 Å². The van der Waals surface area contributed by atoms with Crippen molar-refractivity contribution in [1.82, 2.24) is 0 Å². The highest BCUT2D eigenvalue weighted by Gasteiger charge is 2.38. The first-order valence-electron chi connectivity index (χ1n) is 10.0. The molecule has 0 aliphatic heterocycles. The standard InChI is InChI=1S/C28H26S/c1-21-13-17-25(18-14-21)28(24-10-5-4-6-11-24,26-19-15-22(2)16-20-26)29-27-12-8-7-9-23(27)3/h4-20H,1-3H3. The SMILES string of the molecule is Cc1ccc(C(Sc2ccccc2C)(c2ccccc2)c2ccc(C)cc2)cc1. The second-order valence-electron chi connectivity index (χ2n) is 7.65. The molecule has 0 fully saturated rings. The van der Waals surface area contributed by atoms with Crippen molar-refractivity contribution in [3.05, 3.63) is 137 Å². The van der Waals surface area contributed by atoms with Gasteiger partial charge in [-0.3, -0.25) is 0 Å². The average molecular weight is 395 g/mol. The lowest BCUT2D eigenvalue weighted by Gasteiger charge is -2.36. The topological polar surface area (TPSA) is 0 Å². The lowest BCUT2D eigenvalue weighted by molar-refractivity contribution is 0.891. The van der Waals surface area contributed by atoms with E-state index in [0.29, 0.717) is 0 Å². The third-order valence-corrected chi connectivity index (χ3v) is 7.14. The largest absolute Gasteiger partial charge is 0.104 e. The molecule has 0 spiro atoms. The zero-order valence-electron chi connectivity index (χ0n) is 17.2. The third kappa shape index (κ3) is 3.88. The fraction of sp³-hybridized carbons (Fsp3) is 0.143. The van der Waals surface area contributed by atoms with Crippen molar-refractivity contribution in [1.29, 1.82) is 0 Å². The molecule has 0 amide bonds. The van der Waals surface area contributed by atoms with Gasteiger partial charge in [0, 0.05) is 4.90 Å². The normalized spacial score (nSPS) is 11.4. The molecule has 0 saturated heterocycles. The molecule has 0 radical (unpaired) electrons. The van der Waals surface area contributed by atoms with Crippen molar-refractivity contribution in [2.24, 2.45) is 0 Å². The summed E-state index contributed by atoms with van der Waals surface area (Å²) in [5, 5.41) is 0. The van der Waals surface area contributed by atoms with Crippen LogP contribution in [0.25, 0.3) is 0 Å². The van der Waals surface area contributed by atoms with Crippen LogP contribution in [0.1, 0.15) is 33.4 Å². The summed E-state index contributed by atoms with van der Waals surface area (Å²) >= 11 is 1.93. The van der Waals surface area contributed by atoms with Crippen molar-refractivity contribution >= 4 is 11.8 Å². The summed E-state index contributed by atoms with van der Waals surface area (Å²) in [6.45, 7) is 6.49. The first-order valence-corrected chi connectivity index (χ1v) is 10.9. The molecule has 0 atom stereocenters. The molecule has 0 N–H and O–H groups in total. The summed E-state index contributed by atoms with van der Waals surface area (Å²) < 4.78 is -0.325. The van der Waals surface area contributed by atoms with Gasteiger partial charge in [-0.25, -0.2) is 0 Å². The van der Waals surface area contributed by atoms with E-state index in [4.69, 9.17) is 0 Å².